The molecule has 28 heavy (non-hydrogen) atoms. The summed E-state index contributed by atoms with van der Waals surface area (Å²) in [5.41, 5.74) is 2.83. The fourth-order valence-corrected chi connectivity index (χ4v) is 4.53. The van der Waals surface area contributed by atoms with Crippen molar-refractivity contribution in [3.05, 3.63) is 59.1 Å². The number of anilines is 1. The Bertz CT molecular complexity index is 979. The zero-order valence-electron chi connectivity index (χ0n) is 16.1. The van der Waals surface area contributed by atoms with Gasteiger partial charge >= 0.3 is 0 Å². The van der Waals surface area contributed by atoms with Crippen LogP contribution in [0.15, 0.2) is 48.5 Å². The average Bonchev–Trinajstić information content (AvgIpc) is 3.33. The zero-order chi connectivity index (χ0) is 19.7. The first-order chi connectivity index (χ1) is 13.5. The van der Waals surface area contributed by atoms with Crippen molar-refractivity contribution in [2.24, 2.45) is 0 Å². The summed E-state index contributed by atoms with van der Waals surface area (Å²) in [4.78, 5) is 32.9. The molecule has 0 N–H and O–H groups in total. The van der Waals surface area contributed by atoms with Crippen LogP contribution in [0.4, 0.5) is 5.69 Å². The third-order valence-corrected chi connectivity index (χ3v) is 6.53. The van der Waals surface area contributed by atoms with Crippen LogP contribution in [0.25, 0.3) is 10.2 Å². The summed E-state index contributed by atoms with van der Waals surface area (Å²) in [5, 5.41) is 0.944. The van der Waals surface area contributed by atoms with E-state index in [1.54, 1.807) is 16.2 Å². The Morgan fingerprint density at radius 1 is 1.21 bits per heavy atom. The smallest absolute Gasteiger partial charge is 0.227 e. The van der Waals surface area contributed by atoms with Crippen LogP contribution in [0.5, 0.6) is 0 Å². The highest BCUT2D eigenvalue weighted by atomic mass is 32.1. The van der Waals surface area contributed by atoms with Gasteiger partial charge in [0.15, 0.2) is 0 Å². The first kappa shape index (κ1) is 18.6. The lowest BCUT2D eigenvalue weighted by molar-refractivity contribution is -0.131. The van der Waals surface area contributed by atoms with Crippen LogP contribution in [0.1, 0.15) is 36.4 Å². The minimum Gasteiger partial charge on any atom is -0.336 e. The number of benzene rings is 2. The van der Waals surface area contributed by atoms with Crippen LogP contribution in [0.3, 0.4) is 0 Å². The Labute approximate surface area is 168 Å². The minimum absolute atomic E-state index is 0.0526. The fraction of sp³-hybridized carbons (Fsp3) is 0.318. The molecule has 2 aromatic carbocycles. The van der Waals surface area contributed by atoms with Gasteiger partial charge in [0.05, 0.1) is 22.7 Å². The first-order valence-corrected chi connectivity index (χ1v) is 10.3. The summed E-state index contributed by atoms with van der Waals surface area (Å²) in [6.45, 7) is 2.79. The molecule has 0 aliphatic carbocycles. The standard InChI is InChI=1S/C22H23N3O2S/c1-15(22-23-18-6-3-4-7-19(18)28-22)24(2)21(27)14-16-9-11-17(12-10-16)25-13-5-8-20(25)26/h3-4,6-7,9-12,15H,5,8,13-14H2,1-2H3/t15-/m1/s1. The van der Waals surface area contributed by atoms with E-state index in [0.29, 0.717) is 12.8 Å². The molecule has 1 aliphatic heterocycles. The molecule has 1 fully saturated rings. The number of amides is 2. The Hall–Kier alpha value is -2.73. The number of para-hydroxylation sites is 1. The Morgan fingerprint density at radius 3 is 2.64 bits per heavy atom. The third-order valence-electron chi connectivity index (χ3n) is 5.32. The molecule has 4 rings (SSSR count). The monoisotopic (exact) mass is 393 g/mol. The second kappa shape index (κ2) is 7.72. The maximum atomic E-state index is 12.8. The summed E-state index contributed by atoms with van der Waals surface area (Å²) >= 11 is 1.63. The zero-order valence-corrected chi connectivity index (χ0v) is 16.9. The summed E-state index contributed by atoms with van der Waals surface area (Å²) in [5.74, 6) is 0.227. The van der Waals surface area contributed by atoms with Crippen molar-refractivity contribution in [2.45, 2.75) is 32.2 Å². The molecule has 1 aliphatic rings. The van der Waals surface area contributed by atoms with Crippen LogP contribution in [0.2, 0.25) is 0 Å². The third kappa shape index (κ3) is 3.64. The first-order valence-electron chi connectivity index (χ1n) is 9.53. The van der Waals surface area contributed by atoms with Gasteiger partial charge in [0.1, 0.15) is 5.01 Å². The molecule has 0 saturated carbocycles. The highest BCUT2D eigenvalue weighted by Crippen LogP contribution is 2.29. The molecule has 0 unspecified atom stereocenters. The quantitative estimate of drug-likeness (QED) is 0.653. The number of carbonyl (C=O) groups is 2. The van der Waals surface area contributed by atoms with Crippen LogP contribution in [-0.2, 0) is 16.0 Å². The topological polar surface area (TPSA) is 53.5 Å². The van der Waals surface area contributed by atoms with Gasteiger partial charge in [-0.15, -0.1) is 11.3 Å². The molecule has 144 valence electrons. The van der Waals surface area contributed by atoms with Crippen molar-refractivity contribution in [3.63, 3.8) is 0 Å². The van der Waals surface area contributed by atoms with E-state index in [4.69, 9.17) is 0 Å². The molecule has 1 saturated heterocycles. The van der Waals surface area contributed by atoms with Gasteiger partial charge in [0.25, 0.3) is 0 Å². The number of thiazole rings is 1. The van der Waals surface area contributed by atoms with E-state index < -0.39 is 0 Å². The molecule has 1 aromatic heterocycles. The Balaban J connectivity index is 1.43. The van der Waals surface area contributed by atoms with Gasteiger partial charge in [0, 0.05) is 25.7 Å². The lowest BCUT2D eigenvalue weighted by Crippen LogP contribution is -2.31. The highest BCUT2D eigenvalue weighted by molar-refractivity contribution is 7.18. The second-order valence-electron chi connectivity index (χ2n) is 7.19. The summed E-state index contributed by atoms with van der Waals surface area (Å²) < 4.78 is 1.14. The van der Waals surface area contributed by atoms with E-state index in [0.717, 1.165) is 39.4 Å². The highest BCUT2D eigenvalue weighted by Gasteiger charge is 2.23. The van der Waals surface area contributed by atoms with Gasteiger partial charge in [-0.05, 0) is 43.2 Å². The minimum atomic E-state index is -0.0774. The van der Waals surface area contributed by atoms with Crippen LogP contribution in [0, 0.1) is 0 Å². The Kier molecular flexibility index (Phi) is 5.13. The lowest BCUT2D eigenvalue weighted by atomic mass is 10.1. The SMILES string of the molecule is C[C@H](c1nc2ccccc2s1)N(C)C(=O)Cc1ccc(N2CCCC2=O)cc1. The molecule has 3 aromatic rings. The van der Waals surface area contributed by atoms with Crippen molar-refractivity contribution < 1.29 is 9.59 Å². The van der Waals surface area contributed by atoms with Crippen molar-refractivity contribution >= 4 is 39.1 Å². The lowest BCUT2D eigenvalue weighted by Gasteiger charge is -2.23. The molecule has 6 heteroatoms. The van der Waals surface area contributed by atoms with Crippen LogP contribution < -0.4 is 4.90 Å². The average molecular weight is 394 g/mol. The molecular formula is C22H23N3O2S. The van der Waals surface area contributed by atoms with Crippen LogP contribution in [-0.4, -0.2) is 35.3 Å². The van der Waals surface area contributed by atoms with Gasteiger partial charge in [0.2, 0.25) is 11.8 Å². The number of rotatable bonds is 5. The van der Waals surface area contributed by atoms with E-state index in [-0.39, 0.29) is 17.9 Å². The molecule has 0 bridgehead atoms. The van der Waals surface area contributed by atoms with E-state index >= 15 is 0 Å². The van der Waals surface area contributed by atoms with E-state index in [1.807, 2.05) is 61.3 Å². The number of fused-ring (bicyclic) bond motifs is 1. The summed E-state index contributed by atoms with van der Waals surface area (Å²) in [6, 6.07) is 15.7. The summed E-state index contributed by atoms with van der Waals surface area (Å²) in [7, 11) is 1.83. The van der Waals surface area contributed by atoms with Crippen molar-refractivity contribution in [3.8, 4) is 0 Å². The Morgan fingerprint density at radius 2 is 1.96 bits per heavy atom. The number of likely N-dealkylation sites (N-methyl/N-ethyl adjacent to an activating group) is 1. The number of aromatic nitrogens is 1. The predicted molar refractivity (Wildman–Crippen MR) is 113 cm³/mol. The van der Waals surface area contributed by atoms with E-state index in [2.05, 4.69) is 11.1 Å². The van der Waals surface area contributed by atoms with Crippen molar-refractivity contribution in [1.29, 1.82) is 0 Å². The van der Waals surface area contributed by atoms with Crippen LogP contribution >= 0.6 is 11.3 Å². The number of nitrogens with zero attached hydrogens (tertiary/aromatic N) is 3. The largest absolute Gasteiger partial charge is 0.336 e. The van der Waals surface area contributed by atoms with Crippen molar-refractivity contribution in [1.82, 2.24) is 9.88 Å². The molecular weight excluding hydrogens is 370 g/mol. The number of hydrogen-bond donors (Lipinski definition) is 0. The predicted octanol–water partition coefficient (Wildman–Crippen LogP) is 4.19. The number of carbonyl (C=O) groups excluding carboxylic acids is 2. The van der Waals surface area contributed by atoms with Gasteiger partial charge in [-0.25, -0.2) is 4.98 Å². The second-order valence-corrected chi connectivity index (χ2v) is 8.25. The number of hydrogen-bond acceptors (Lipinski definition) is 4. The van der Waals surface area contributed by atoms with Gasteiger partial charge < -0.3 is 9.80 Å². The molecule has 1 atom stereocenters. The van der Waals surface area contributed by atoms with Gasteiger partial charge in [-0.1, -0.05) is 24.3 Å². The summed E-state index contributed by atoms with van der Waals surface area (Å²) in [6.07, 6.45) is 1.86. The van der Waals surface area contributed by atoms with Gasteiger partial charge in [-0.3, -0.25) is 9.59 Å². The molecule has 0 spiro atoms. The molecule has 0 radical (unpaired) electrons. The van der Waals surface area contributed by atoms with Crippen molar-refractivity contribution in [2.75, 3.05) is 18.5 Å². The van der Waals surface area contributed by atoms with Gasteiger partial charge in [-0.2, -0.15) is 0 Å². The fourth-order valence-electron chi connectivity index (χ4n) is 3.46. The normalized spacial score (nSPS) is 15.2. The maximum Gasteiger partial charge on any atom is 0.227 e. The maximum absolute atomic E-state index is 12.8. The van der Waals surface area contributed by atoms with E-state index in [9.17, 15) is 9.59 Å². The molecule has 2 heterocycles. The molecule has 5 nitrogen and oxygen atoms in total. The molecule has 2 amide bonds. The van der Waals surface area contributed by atoms with E-state index in [1.165, 1.54) is 0 Å².